The number of ether oxygens (including phenoxy) is 3. The summed E-state index contributed by atoms with van der Waals surface area (Å²) >= 11 is 0. The van der Waals surface area contributed by atoms with Crippen LogP contribution >= 0.6 is 0 Å². The maximum atomic E-state index is 11.9. The molecule has 0 aromatic heterocycles. The van der Waals surface area contributed by atoms with E-state index in [2.05, 4.69) is 6.92 Å². The Labute approximate surface area is 213 Å². The zero-order valence-corrected chi connectivity index (χ0v) is 21.4. The van der Waals surface area contributed by atoms with Crippen molar-refractivity contribution in [3.63, 3.8) is 0 Å². The number of rotatable bonds is 9. The second kappa shape index (κ2) is 15.0. The second-order valence-electron chi connectivity index (χ2n) is 8.71. The third-order valence-corrected chi connectivity index (χ3v) is 5.64. The summed E-state index contributed by atoms with van der Waals surface area (Å²) in [6.07, 6.45) is 4.59. The minimum absolute atomic E-state index is 0.186. The van der Waals surface area contributed by atoms with Crippen LogP contribution in [0, 0.1) is 5.92 Å². The molecule has 1 saturated heterocycles. The molecule has 1 heterocycles. The molecule has 2 aromatic rings. The van der Waals surface area contributed by atoms with E-state index in [1.165, 1.54) is 0 Å². The molecule has 1 aliphatic heterocycles. The molecule has 0 atom stereocenters. The third kappa shape index (κ3) is 9.41. The van der Waals surface area contributed by atoms with Crippen molar-refractivity contribution in [1.29, 1.82) is 0 Å². The number of carbonyl (C=O) groups excluding carboxylic acids is 1. The maximum Gasteiger partial charge on any atom is 0.311 e. The minimum atomic E-state index is -0.361. The highest BCUT2D eigenvalue weighted by molar-refractivity contribution is 5.87. The first-order valence-corrected chi connectivity index (χ1v) is 12.4. The van der Waals surface area contributed by atoms with Gasteiger partial charge in [0.1, 0.15) is 5.75 Å². The van der Waals surface area contributed by atoms with E-state index in [0.29, 0.717) is 29.5 Å². The highest BCUT2D eigenvalue weighted by Gasteiger charge is 2.21. The van der Waals surface area contributed by atoms with Crippen LogP contribution in [0.4, 0.5) is 11.4 Å². The molecule has 198 valence electrons. The van der Waals surface area contributed by atoms with Gasteiger partial charge in [0.2, 0.25) is 0 Å². The highest BCUT2D eigenvalue weighted by atomic mass is 16.7. The fraction of sp³-hybridized carbons (Fsp3) is 0.444. The molecule has 0 radical (unpaired) electrons. The predicted octanol–water partition coefficient (Wildman–Crippen LogP) is 3.26. The maximum absolute atomic E-state index is 11.9. The smallest absolute Gasteiger partial charge is 0.311 e. The van der Waals surface area contributed by atoms with Crippen LogP contribution in [0.3, 0.4) is 0 Å². The summed E-state index contributed by atoms with van der Waals surface area (Å²) in [4.78, 5) is 11.9. The summed E-state index contributed by atoms with van der Waals surface area (Å²) in [5.41, 5.74) is 32.1. The van der Waals surface area contributed by atoms with Gasteiger partial charge in [-0.2, -0.15) is 0 Å². The topological polar surface area (TPSA) is 175 Å². The van der Waals surface area contributed by atoms with E-state index in [9.17, 15) is 4.79 Å². The molecule has 0 spiro atoms. The van der Waals surface area contributed by atoms with E-state index >= 15 is 0 Å². The van der Waals surface area contributed by atoms with Crippen molar-refractivity contribution in [2.24, 2.45) is 23.1 Å². The summed E-state index contributed by atoms with van der Waals surface area (Å²) in [5.74, 6) is 0.753. The number of carbonyl (C=O) groups is 1. The minimum Gasteiger partial charge on any atom is -0.427 e. The van der Waals surface area contributed by atoms with Gasteiger partial charge in [0.25, 0.3) is 0 Å². The summed E-state index contributed by atoms with van der Waals surface area (Å²) < 4.78 is 16.9. The Morgan fingerprint density at radius 3 is 2.17 bits per heavy atom. The van der Waals surface area contributed by atoms with E-state index in [4.69, 9.17) is 42.9 Å². The van der Waals surface area contributed by atoms with E-state index < -0.39 is 0 Å². The number of esters is 1. The van der Waals surface area contributed by atoms with Crippen molar-refractivity contribution in [3.8, 4) is 16.9 Å². The van der Waals surface area contributed by atoms with Gasteiger partial charge in [-0.1, -0.05) is 26.0 Å². The van der Waals surface area contributed by atoms with Gasteiger partial charge in [-0.3, -0.25) is 4.79 Å². The van der Waals surface area contributed by atoms with E-state index in [1.54, 1.807) is 18.2 Å². The molecule has 0 unspecified atom stereocenters. The van der Waals surface area contributed by atoms with Gasteiger partial charge in [0.05, 0.1) is 19.0 Å². The fourth-order valence-electron chi connectivity index (χ4n) is 3.73. The molecule has 2 aromatic carbocycles. The molecule has 1 aliphatic rings. The number of allylic oxidation sites excluding steroid dienone is 1. The van der Waals surface area contributed by atoms with Crippen molar-refractivity contribution in [1.82, 2.24) is 0 Å². The Kier molecular flexibility index (Phi) is 12.0. The Hall–Kier alpha value is -3.27. The number of benzene rings is 2. The van der Waals surface area contributed by atoms with Crippen LogP contribution in [0.1, 0.15) is 45.1 Å². The summed E-state index contributed by atoms with van der Waals surface area (Å²) in [5, 5.41) is 0. The summed E-state index contributed by atoms with van der Waals surface area (Å²) in [6.45, 7) is 6.29. The number of hydrogen-bond donors (Lipinski definition) is 5. The second-order valence-corrected chi connectivity index (χ2v) is 8.71. The number of anilines is 2. The van der Waals surface area contributed by atoms with E-state index in [-0.39, 0.29) is 24.5 Å². The number of aryl methyl sites for hydroxylation is 1. The lowest BCUT2D eigenvalue weighted by Gasteiger charge is -2.28. The molecule has 0 bridgehead atoms. The van der Waals surface area contributed by atoms with Crippen LogP contribution in [-0.2, 0) is 20.7 Å². The highest BCUT2D eigenvalue weighted by Crippen LogP contribution is 2.34. The number of nitrogens with two attached hydrogens (primary N) is 5. The van der Waals surface area contributed by atoms with Gasteiger partial charge in [0.15, 0.2) is 6.29 Å². The zero-order chi connectivity index (χ0) is 26.5. The first kappa shape index (κ1) is 29.0. The molecule has 1 fully saturated rings. The summed E-state index contributed by atoms with van der Waals surface area (Å²) in [6, 6.07) is 11.0. The van der Waals surface area contributed by atoms with Gasteiger partial charge in [-0.05, 0) is 67.3 Å². The van der Waals surface area contributed by atoms with Crippen LogP contribution in [0.2, 0.25) is 0 Å². The monoisotopic (exact) mass is 499 g/mol. The van der Waals surface area contributed by atoms with Gasteiger partial charge >= 0.3 is 5.97 Å². The molecule has 0 saturated carbocycles. The lowest BCUT2D eigenvalue weighted by molar-refractivity contribution is -0.202. The molecule has 3 rings (SSSR count). The lowest BCUT2D eigenvalue weighted by atomic mass is 9.97. The average Bonchev–Trinajstić information content (AvgIpc) is 2.84. The normalized spacial score (nSPS) is 17.0. The molecule has 9 nitrogen and oxygen atoms in total. The van der Waals surface area contributed by atoms with Crippen molar-refractivity contribution in [2.45, 2.75) is 52.2 Å². The van der Waals surface area contributed by atoms with Gasteiger partial charge in [-0.15, -0.1) is 0 Å². The van der Waals surface area contributed by atoms with Gasteiger partial charge in [-0.25, -0.2) is 0 Å². The number of hydrogen-bond acceptors (Lipinski definition) is 9. The molecular formula is C27H41N5O4. The van der Waals surface area contributed by atoms with Crippen LogP contribution in [0.25, 0.3) is 11.1 Å². The molecule has 9 heteroatoms. The van der Waals surface area contributed by atoms with Gasteiger partial charge in [0, 0.05) is 35.7 Å². The Bertz CT molecular complexity index is 959. The lowest BCUT2D eigenvalue weighted by Crippen LogP contribution is -2.32. The van der Waals surface area contributed by atoms with Crippen LogP contribution in [-0.4, -0.2) is 32.0 Å². The van der Waals surface area contributed by atoms with Crippen LogP contribution in [0.5, 0.6) is 5.75 Å². The quantitative estimate of drug-likeness (QED) is 0.197. The van der Waals surface area contributed by atoms with Gasteiger partial charge < -0.3 is 42.9 Å². The first-order chi connectivity index (χ1) is 17.3. The zero-order valence-electron chi connectivity index (χ0n) is 21.4. The largest absolute Gasteiger partial charge is 0.427 e. The van der Waals surface area contributed by atoms with Crippen LogP contribution < -0.4 is 33.4 Å². The van der Waals surface area contributed by atoms with E-state index in [1.807, 2.05) is 31.2 Å². The Morgan fingerprint density at radius 1 is 1.06 bits per heavy atom. The average molecular weight is 500 g/mol. The van der Waals surface area contributed by atoms with Crippen molar-refractivity contribution >= 4 is 17.3 Å². The summed E-state index contributed by atoms with van der Waals surface area (Å²) in [7, 11) is 0. The first-order valence-electron chi connectivity index (χ1n) is 12.4. The number of nitrogen functional groups attached to an aromatic ring is 2. The SMILES string of the molecule is CCC1COC(CCc2cc(N)c(-c3ccc(OC(=O)CCC=C(N)N)cc3)c(N)c2)OC1.CCN. The van der Waals surface area contributed by atoms with Crippen molar-refractivity contribution in [2.75, 3.05) is 31.2 Å². The molecular weight excluding hydrogens is 458 g/mol. The van der Waals surface area contributed by atoms with E-state index in [0.717, 1.165) is 55.7 Å². The van der Waals surface area contributed by atoms with Crippen molar-refractivity contribution in [3.05, 3.63) is 53.9 Å². The Balaban J connectivity index is 0.00000145. The van der Waals surface area contributed by atoms with Crippen LogP contribution in [0.15, 0.2) is 48.3 Å². The molecule has 0 amide bonds. The van der Waals surface area contributed by atoms with Crippen molar-refractivity contribution < 1.29 is 19.0 Å². The standard InChI is InChI=1S/C25H34N4O4.C2H7N/c1-2-16-14-31-24(32-15-16)11-6-17-12-20(26)25(21(27)13-17)18-7-9-19(10-8-18)33-23(30)5-3-4-22(28)29;1-2-3/h4,7-10,12-13,16,24H,2-3,5-6,11,14-15,26-29H2,1H3;2-3H2,1H3. The predicted molar refractivity (Wildman–Crippen MR) is 145 cm³/mol. The Morgan fingerprint density at radius 2 is 1.64 bits per heavy atom. The molecule has 10 N–H and O–H groups in total. The fourth-order valence-corrected chi connectivity index (χ4v) is 3.73. The molecule has 0 aliphatic carbocycles. The molecule has 36 heavy (non-hydrogen) atoms. The third-order valence-electron chi connectivity index (χ3n) is 5.64.